The Morgan fingerprint density at radius 2 is 1.87 bits per heavy atom. The van der Waals surface area contributed by atoms with Gasteiger partial charge in [-0.15, -0.1) is 0 Å². The molecule has 7 nitrogen and oxygen atoms in total. The summed E-state index contributed by atoms with van der Waals surface area (Å²) in [6, 6.07) is 9.00. The van der Waals surface area contributed by atoms with Crippen molar-refractivity contribution in [1.82, 2.24) is 10.7 Å². The smallest absolute Gasteiger partial charge is 0.262 e. The first-order chi connectivity index (χ1) is 14.8. The SMILES string of the molecule is CCOc1cc(C=NNC(=O)C(NC(=O)c2ccc(Cl)cc2Cl)C(C)C)ccc1OC. The van der Waals surface area contributed by atoms with Crippen LogP contribution in [0.25, 0.3) is 0 Å². The van der Waals surface area contributed by atoms with Crippen LogP contribution in [-0.2, 0) is 4.79 Å². The highest BCUT2D eigenvalue weighted by Gasteiger charge is 2.25. The summed E-state index contributed by atoms with van der Waals surface area (Å²) in [6.45, 7) is 5.99. The van der Waals surface area contributed by atoms with Gasteiger partial charge in [-0.3, -0.25) is 9.59 Å². The van der Waals surface area contributed by atoms with Gasteiger partial charge in [-0.2, -0.15) is 5.10 Å². The van der Waals surface area contributed by atoms with Crippen molar-refractivity contribution in [2.24, 2.45) is 11.0 Å². The number of hydrogen-bond acceptors (Lipinski definition) is 5. The zero-order valence-corrected chi connectivity index (χ0v) is 19.3. The molecule has 2 aromatic rings. The van der Waals surface area contributed by atoms with E-state index in [-0.39, 0.29) is 16.5 Å². The van der Waals surface area contributed by atoms with Gasteiger partial charge >= 0.3 is 0 Å². The van der Waals surface area contributed by atoms with Gasteiger partial charge in [-0.1, -0.05) is 37.0 Å². The maximum absolute atomic E-state index is 12.6. The molecule has 1 atom stereocenters. The van der Waals surface area contributed by atoms with Crippen LogP contribution in [0.2, 0.25) is 10.0 Å². The summed E-state index contributed by atoms with van der Waals surface area (Å²) in [5, 5.41) is 7.31. The summed E-state index contributed by atoms with van der Waals surface area (Å²) in [7, 11) is 1.56. The molecule has 0 saturated carbocycles. The lowest BCUT2D eigenvalue weighted by atomic mass is 10.0. The average molecular weight is 466 g/mol. The van der Waals surface area contributed by atoms with E-state index < -0.39 is 17.9 Å². The van der Waals surface area contributed by atoms with Crippen molar-refractivity contribution in [1.29, 1.82) is 0 Å². The van der Waals surface area contributed by atoms with Crippen LogP contribution in [-0.4, -0.2) is 37.8 Å². The summed E-state index contributed by atoms with van der Waals surface area (Å²) in [5.74, 6) is 0.0638. The highest BCUT2D eigenvalue weighted by Crippen LogP contribution is 2.27. The van der Waals surface area contributed by atoms with Crippen molar-refractivity contribution in [2.75, 3.05) is 13.7 Å². The van der Waals surface area contributed by atoms with Crippen molar-refractivity contribution < 1.29 is 19.1 Å². The number of benzene rings is 2. The minimum Gasteiger partial charge on any atom is -0.493 e. The van der Waals surface area contributed by atoms with Crippen molar-refractivity contribution in [3.63, 3.8) is 0 Å². The van der Waals surface area contributed by atoms with E-state index in [4.69, 9.17) is 32.7 Å². The topological polar surface area (TPSA) is 89.0 Å². The van der Waals surface area contributed by atoms with E-state index in [0.29, 0.717) is 28.7 Å². The first-order valence-electron chi connectivity index (χ1n) is 9.66. The molecule has 1 unspecified atom stereocenters. The standard InChI is InChI=1S/C22H25Cl2N3O4/c1-5-31-19-10-14(6-9-18(19)30-4)12-25-27-22(29)20(13(2)3)26-21(28)16-8-7-15(23)11-17(16)24/h6-13,20H,5H2,1-4H3,(H,26,28)(H,27,29). The van der Waals surface area contributed by atoms with Crippen LogP contribution >= 0.6 is 23.2 Å². The number of ether oxygens (including phenoxy) is 2. The largest absolute Gasteiger partial charge is 0.493 e. The minimum atomic E-state index is -0.814. The van der Waals surface area contributed by atoms with Crippen molar-refractivity contribution in [3.05, 3.63) is 57.6 Å². The van der Waals surface area contributed by atoms with E-state index in [0.717, 1.165) is 0 Å². The van der Waals surface area contributed by atoms with E-state index >= 15 is 0 Å². The number of hydrogen-bond donors (Lipinski definition) is 2. The van der Waals surface area contributed by atoms with Crippen LogP contribution in [0.3, 0.4) is 0 Å². The Kier molecular flexibility index (Phi) is 9.15. The number of rotatable bonds is 9. The number of nitrogens with one attached hydrogen (secondary N) is 2. The second kappa shape index (κ2) is 11.6. The number of hydrazone groups is 1. The molecule has 0 aliphatic carbocycles. The third-order valence-corrected chi connectivity index (χ3v) is 4.84. The number of halogens is 2. The molecule has 0 bridgehead atoms. The second-order valence-electron chi connectivity index (χ2n) is 6.90. The Balaban J connectivity index is 2.07. The van der Waals surface area contributed by atoms with Crippen LogP contribution in [0, 0.1) is 5.92 Å². The molecule has 0 aromatic heterocycles. The summed E-state index contributed by atoms with van der Waals surface area (Å²) in [5.41, 5.74) is 3.40. The predicted molar refractivity (Wildman–Crippen MR) is 122 cm³/mol. The Bertz CT molecular complexity index is 964. The fraction of sp³-hybridized carbons (Fsp3) is 0.318. The van der Waals surface area contributed by atoms with E-state index in [2.05, 4.69) is 15.8 Å². The molecule has 31 heavy (non-hydrogen) atoms. The molecular formula is C22H25Cl2N3O4. The summed E-state index contributed by atoms with van der Waals surface area (Å²) >= 11 is 12.0. The average Bonchev–Trinajstić information content (AvgIpc) is 2.72. The Hall–Kier alpha value is -2.77. The molecule has 2 N–H and O–H groups in total. The van der Waals surface area contributed by atoms with E-state index in [9.17, 15) is 9.59 Å². The Labute approximate surface area is 191 Å². The first-order valence-corrected chi connectivity index (χ1v) is 10.4. The molecule has 0 heterocycles. The molecule has 166 valence electrons. The summed E-state index contributed by atoms with van der Waals surface area (Å²) in [4.78, 5) is 25.2. The van der Waals surface area contributed by atoms with Crippen molar-refractivity contribution in [3.8, 4) is 11.5 Å². The number of carbonyl (C=O) groups is 2. The molecule has 0 saturated heterocycles. The maximum Gasteiger partial charge on any atom is 0.262 e. The highest BCUT2D eigenvalue weighted by atomic mass is 35.5. The fourth-order valence-corrected chi connectivity index (χ4v) is 3.20. The zero-order chi connectivity index (χ0) is 23.0. The number of methoxy groups -OCH3 is 1. The Morgan fingerprint density at radius 1 is 1.13 bits per heavy atom. The molecule has 2 amide bonds. The van der Waals surface area contributed by atoms with Gasteiger partial charge in [0.05, 0.1) is 30.5 Å². The molecule has 0 radical (unpaired) electrons. The number of amides is 2. The molecule has 0 aliphatic heterocycles. The lowest BCUT2D eigenvalue weighted by Gasteiger charge is -2.20. The molecule has 0 spiro atoms. The highest BCUT2D eigenvalue weighted by molar-refractivity contribution is 6.36. The van der Waals surface area contributed by atoms with Crippen LogP contribution in [0.1, 0.15) is 36.7 Å². The third kappa shape index (κ3) is 6.87. The van der Waals surface area contributed by atoms with Crippen molar-refractivity contribution >= 4 is 41.2 Å². The van der Waals surface area contributed by atoms with Gasteiger partial charge < -0.3 is 14.8 Å². The Morgan fingerprint density at radius 3 is 2.48 bits per heavy atom. The van der Waals surface area contributed by atoms with E-state index in [1.54, 1.807) is 31.4 Å². The molecular weight excluding hydrogens is 441 g/mol. The van der Waals surface area contributed by atoms with Gasteiger partial charge in [0.2, 0.25) is 0 Å². The quantitative estimate of drug-likeness (QED) is 0.426. The monoisotopic (exact) mass is 465 g/mol. The van der Waals surface area contributed by atoms with Crippen LogP contribution in [0.5, 0.6) is 11.5 Å². The van der Waals surface area contributed by atoms with Crippen LogP contribution < -0.4 is 20.2 Å². The fourth-order valence-electron chi connectivity index (χ4n) is 2.71. The minimum absolute atomic E-state index is 0.184. The number of carbonyl (C=O) groups excluding carboxylic acids is 2. The van der Waals surface area contributed by atoms with Crippen LogP contribution in [0.4, 0.5) is 0 Å². The van der Waals surface area contributed by atoms with Gasteiger partial charge in [0, 0.05) is 5.02 Å². The molecule has 0 fully saturated rings. The van der Waals surface area contributed by atoms with Gasteiger partial charge in [0.25, 0.3) is 11.8 Å². The van der Waals surface area contributed by atoms with Gasteiger partial charge in [0.15, 0.2) is 11.5 Å². The zero-order valence-electron chi connectivity index (χ0n) is 17.7. The first kappa shape index (κ1) is 24.5. The van der Waals surface area contributed by atoms with Gasteiger partial charge in [0.1, 0.15) is 6.04 Å². The normalized spacial score (nSPS) is 12.0. The lowest BCUT2D eigenvalue weighted by molar-refractivity contribution is -0.123. The van der Waals surface area contributed by atoms with E-state index in [1.807, 2.05) is 20.8 Å². The molecule has 9 heteroatoms. The molecule has 0 aliphatic rings. The predicted octanol–water partition coefficient (Wildman–Crippen LogP) is 4.31. The molecule has 2 aromatic carbocycles. The number of nitrogens with zero attached hydrogens (tertiary/aromatic N) is 1. The van der Waals surface area contributed by atoms with E-state index in [1.165, 1.54) is 18.3 Å². The van der Waals surface area contributed by atoms with Gasteiger partial charge in [-0.05, 0) is 54.8 Å². The van der Waals surface area contributed by atoms with Crippen LogP contribution in [0.15, 0.2) is 41.5 Å². The van der Waals surface area contributed by atoms with Crippen molar-refractivity contribution in [2.45, 2.75) is 26.8 Å². The lowest BCUT2D eigenvalue weighted by Crippen LogP contribution is -2.48. The summed E-state index contributed by atoms with van der Waals surface area (Å²) < 4.78 is 10.8. The third-order valence-electron chi connectivity index (χ3n) is 4.29. The maximum atomic E-state index is 12.6. The summed E-state index contributed by atoms with van der Waals surface area (Å²) in [6.07, 6.45) is 1.48. The molecule has 2 rings (SSSR count). The second-order valence-corrected chi connectivity index (χ2v) is 7.74. The van der Waals surface area contributed by atoms with Gasteiger partial charge in [-0.25, -0.2) is 5.43 Å².